The van der Waals surface area contributed by atoms with Crippen LogP contribution in [0.4, 0.5) is 0 Å². The first-order valence-corrected chi connectivity index (χ1v) is 7.29. The number of H-pyrrole nitrogens is 1. The molecular weight excluding hydrogens is 280 g/mol. The summed E-state index contributed by atoms with van der Waals surface area (Å²) in [4.78, 5) is 15.1. The average molecular weight is 294 g/mol. The number of carbonyl (C=O) groups excluding carboxylic acids is 1. The monoisotopic (exact) mass is 294 g/mol. The second-order valence-electron chi connectivity index (χ2n) is 3.88. The third-order valence-electron chi connectivity index (χ3n) is 2.82. The SMILES string of the molecule is COC(=O)[C@H](NC(=S)SC)c1c[nH]c2ccccc12. The molecule has 2 N–H and O–H groups in total. The quantitative estimate of drug-likeness (QED) is 0.673. The van der Waals surface area contributed by atoms with E-state index >= 15 is 0 Å². The maximum absolute atomic E-state index is 11.9. The summed E-state index contributed by atoms with van der Waals surface area (Å²) < 4.78 is 5.40. The lowest BCUT2D eigenvalue weighted by atomic mass is 10.1. The predicted octanol–water partition coefficient (Wildman–Crippen LogP) is 2.62. The zero-order valence-electron chi connectivity index (χ0n) is 10.6. The number of fused-ring (bicyclic) bond motifs is 1. The van der Waals surface area contributed by atoms with Crippen LogP contribution in [0.2, 0.25) is 0 Å². The number of carbonyl (C=O) groups is 1. The third kappa shape index (κ3) is 2.90. The van der Waals surface area contributed by atoms with Crippen molar-refractivity contribution in [3.63, 3.8) is 0 Å². The van der Waals surface area contributed by atoms with Gasteiger partial charge in [0.25, 0.3) is 0 Å². The summed E-state index contributed by atoms with van der Waals surface area (Å²) in [6.07, 6.45) is 3.67. The standard InChI is InChI=1S/C13H14N2O2S2/c1-17-12(16)11(15-13(18)19-2)9-7-14-10-6-4-3-5-8(9)10/h3-7,11,14H,1-2H3,(H,15,18)/t11-/m1/s1. The predicted molar refractivity (Wildman–Crippen MR) is 82.3 cm³/mol. The summed E-state index contributed by atoms with van der Waals surface area (Å²) in [5.41, 5.74) is 1.81. The molecule has 4 nitrogen and oxygen atoms in total. The average Bonchev–Trinajstić information content (AvgIpc) is 2.87. The van der Waals surface area contributed by atoms with Gasteiger partial charge in [-0.3, -0.25) is 0 Å². The van der Waals surface area contributed by atoms with Crippen molar-refractivity contribution >= 4 is 45.2 Å². The third-order valence-corrected chi connectivity index (χ3v) is 3.92. The first kappa shape index (κ1) is 13.9. The van der Waals surface area contributed by atoms with Crippen molar-refractivity contribution in [2.45, 2.75) is 6.04 Å². The van der Waals surface area contributed by atoms with Gasteiger partial charge in [0.05, 0.1) is 7.11 Å². The molecule has 1 aromatic heterocycles. The zero-order chi connectivity index (χ0) is 13.8. The van der Waals surface area contributed by atoms with Gasteiger partial charge in [0.15, 0.2) is 6.04 Å². The number of nitrogens with one attached hydrogen (secondary N) is 2. The summed E-state index contributed by atoms with van der Waals surface area (Å²) in [6.45, 7) is 0. The number of hydrogen-bond donors (Lipinski definition) is 2. The maximum atomic E-state index is 11.9. The van der Waals surface area contributed by atoms with Gasteiger partial charge in [0.1, 0.15) is 4.32 Å². The van der Waals surface area contributed by atoms with Crippen molar-refractivity contribution < 1.29 is 9.53 Å². The lowest BCUT2D eigenvalue weighted by molar-refractivity contribution is -0.142. The van der Waals surface area contributed by atoms with Crippen LogP contribution in [0.3, 0.4) is 0 Å². The molecule has 1 atom stereocenters. The minimum Gasteiger partial charge on any atom is -0.467 e. The number of aromatic amines is 1. The Labute approximate surface area is 120 Å². The summed E-state index contributed by atoms with van der Waals surface area (Å²) in [5, 5.41) is 3.99. The van der Waals surface area contributed by atoms with Crippen molar-refractivity contribution in [1.82, 2.24) is 10.3 Å². The minimum absolute atomic E-state index is 0.360. The molecule has 0 aliphatic heterocycles. The molecule has 2 rings (SSSR count). The van der Waals surface area contributed by atoms with E-state index in [0.717, 1.165) is 16.5 Å². The second kappa shape index (κ2) is 6.08. The highest BCUT2D eigenvalue weighted by molar-refractivity contribution is 8.22. The molecule has 0 amide bonds. The van der Waals surface area contributed by atoms with Gasteiger partial charge in [0, 0.05) is 22.7 Å². The van der Waals surface area contributed by atoms with Crippen LogP contribution in [-0.4, -0.2) is 28.6 Å². The summed E-state index contributed by atoms with van der Waals surface area (Å²) in [7, 11) is 1.37. The molecule has 0 fully saturated rings. The molecule has 19 heavy (non-hydrogen) atoms. The van der Waals surface area contributed by atoms with Crippen LogP contribution in [0.5, 0.6) is 0 Å². The number of para-hydroxylation sites is 1. The Kier molecular flexibility index (Phi) is 4.44. The van der Waals surface area contributed by atoms with Crippen LogP contribution in [0, 0.1) is 0 Å². The summed E-state index contributed by atoms with van der Waals surface area (Å²) in [5.74, 6) is -0.360. The normalized spacial score (nSPS) is 12.1. The van der Waals surface area contributed by atoms with E-state index in [1.54, 1.807) is 0 Å². The van der Waals surface area contributed by atoms with E-state index in [2.05, 4.69) is 10.3 Å². The molecule has 0 unspecified atom stereocenters. The van der Waals surface area contributed by atoms with E-state index in [9.17, 15) is 4.79 Å². The fourth-order valence-corrected chi connectivity index (χ4v) is 2.24. The van der Waals surface area contributed by atoms with Crippen molar-refractivity contribution in [2.24, 2.45) is 0 Å². The van der Waals surface area contributed by atoms with Gasteiger partial charge in [-0.25, -0.2) is 4.79 Å². The van der Waals surface area contributed by atoms with Crippen molar-refractivity contribution in [3.8, 4) is 0 Å². The Morgan fingerprint density at radius 3 is 2.89 bits per heavy atom. The fraction of sp³-hybridized carbons (Fsp3) is 0.231. The van der Waals surface area contributed by atoms with Crippen LogP contribution in [0.25, 0.3) is 10.9 Å². The van der Waals surface area contributed by atoms with Crippen LogP contribution >= 0.6 is 24.0 Å². The van der Waals surface area contributed by atoms with E-state index in [-0.39, 0.29) is 5.97 Å². The Bertz CT molecular complexity index is 609. The Morgan fingerprint density at radius 2 is 2.21 bits per heavy atom. The molecule has 0 radical (unpaired) electrons. The second-order valence-corrected chi connectivity index (χ2v) is 5.36. The van der Waals surface area contributed by atoms with Crippen molar-refractivity contribution in [3.05, 3.63) is 36.0 Å². The molecule has 0 bridgehead atoms. The number of ether oxygens (including phenoxy) is 1. The Hall–Kier alpha value is -1.53. The van der Waals surface area contributed by atoms with E-state index < -0.39 is 6.04 Å². The van der Waals surface area contributed by atoms with E-state index in [1.165, 1.54) is 18.9 Å². The lowest BCUT2D eigenvalue weighted by Gasteiger charge is -2.16. The van der Waals surface area contributed by atoms with Crippen LogP contribution < -0.4 is 5.32 Å². The Morgan fingerprint density at radius 1 is 1.47 bits per heavy atom. The van der Waals surface area contributed by atoms with Gasteiger partial charge in [-0.2, -0.15) is 0 Å². The van der Waals surface area contributed by atoms with Gasteiger partial charge < -0.3 is 15.0 Å². The van der Waals surface area contributed by atoms with Gasteiger partial charge in [-0.05, 0) is 12.3 Å². The molecule has 2 aromatic rings. The molecular formula is C13H14N2O2S2. The maximum Gasteiger partial charge on any atom is 0.333 e. The van der Waals surface area contributed by atoms with Gasteiger partial charge in [-0.1, -0.05) is 30.4 Å². The number of esters is 1. The Balaban J connectivity index is 2.42. The number of hydrogen-bond acceptors (Lipinski definition) is 4. The van der Waals surface area contributed by atoms with E-state index in [4.69, 9.17) is 17.0 Å². The number of thioether (sulfide) groups is 1. The number of rotatable bonds is 3. The molecule has 0 spiro atoms. The fourth-order valence-electron chi connectivity index (χ4n) is 1.89. The molecule has 0 aliphatic rings. The van der Waals surface area contributed by atoms with Crippen LogP contribution in [0.15, 0.2) is 30.5 Å². The highest BCUT2D eigenvalue weighted by atomic mass is 32.2. The van der Waals surface area contributed by atoms with Crippen molar-refractivity contribution in [1.29, 1.82) is 0 Å². The zero-order valence-corrected chi connectivity index (χ0v) is 12.2. The van der Waals surface area contributed by atoms with Gasteiger partial charge in [0.2, 0.25) is 0 Å². The number of aromatic nitrogens is 1. The molecule has 6 heteroatoms. The molecule has 0 aliphatic carbocycles. The molecule has 0 saturated carbocycles. The van der Waals surface area contributed by atoms with Gasteiger partial charge >= 0.3 is 5.97 Å². The molecule has 1 heterocycles. The van der Waals surface area contributed by atoms with Crippen LogP contribution in [0.1, 0.15) is 11.6 Å². The summed E-state index contributed by atoms with van der Waals surface area (Å²) >= 11 is 6.52. The minimum atomic E-state index is -0.596. The number of thiocarbonyl (C=S) groups is 1. The smallest absolute Gasteiger partial charge is 0.333 e. The highest BCUT2D eigenvalue weighted by Crippen LogP contribution is 2.25. The molecule has 100 valence electrons. The lowest BCUT2D eigenvalue weighted by Crippen LogP contribution is -2.31. The van der Waals surface area contributed by atoms with Gasteiger partial charge in [-0.15, -0.1) is 11.8 Å². The van der Waals surface area contributed by atoms with E-state index in [0.29, 0.717) is 4.32 Å². The largest absolute Gasteiger partial charge is 0.467 e. The first-order chi connectivity index (χ1) is 9.17. The number of benzene rings is 1. The highest BCUT2D eigenvalue weighted by Gasteiger charge is 2.24. The molecule has 0 saturated heterocycles. The van der Waals surface area contributed by atoms with Crippen LogP contribution in [-0.2, 0) is 9.53 Å². The number of methoxy groups -OCH3 is 1. The van der Waals surface area contributed by atoms with Crippen molar-refractivity contribution in [2.75, 3.05) is 13.4 Å². The molecule has 1 aromatic carbocycles. The topological polar surface area (TPSA) is 54.1 Å². The van der Waals surface area contributed by atoms with E-state index in [1.807, 2.05) is 36.7 Å². The first-order valence-electron chi connectivity index (χ1n) is 5.65. The summed E-state index contributed by atoms with van der Waals surface area (Å²) in [6, 6.07) is 7.19.